The maximum atomic E-state index is 11.7. The van der Waals surface area contributed by atoms with Crippen molar-refractivity contribution in [3.63, 3.8) is 0 Å². The highest BCUT2D eigenvalue weighted by atomic mass is 16.6. The topological polar surface area (TPSA) is 78.9 Å². The molecule has 0 aliphatic carbocycles. The van der Waals surface area contributed by atoms with Crippen LogP contribution in [-0.4, -0.2) is 37.2 Å². The van der Waals surface area contributed by atoms with E-state index in [9.17, 15) is 14.4 Å². The molecule has 0 spiro atoms. The molecule has 1 heterocycles. The number of hydrogen-bond acceptors (Lipinski definition) is 6. The van der Waals surface area contributed by atoms with Crippen molar-refractivity contribution in [2.24, 2.45) is 11.3 Å². The number of cyclic esters (lactones) is 1. The molecule has 1 rings (SSSR count). The predicted molar refractivity (Wildman–Crippen MR) is 69.7 cm³/mol. The zero-order valence-electron chi connectivity index (χ0n) is 12.4. The zero-order chi connectivity index (χ0) is 15.3. The number of hydrogen-bond donors (Lipinski definition) is 0. The second-order valence-electron chi connectivity index (χ2n) is 5.64. The summed E-state index contributed by atoms with van der Waals surface area (Å²) in [6.07, 6.45) is -0.255. The summed E-state index contributed by atoms with van der Waals surface area (Å²) in [4.78, 5) is 34.5. The van der Waals surface area contributed by atoms with Crippen LogP contribution in [0.3, 0.4) is 0 Å². The van der Waals surface area contributed by atoms with Crippen molar-refractivity contribution >= 4 is 17.9 Å². The van der Waals surface area contributed by atoms with Crippen LogP contribution in [0.1, 0.15) is 40.5 Å². The Labute approximate surface area is 118 Å². The zero-order valence-corrected chi connectivity index (χ0v) is 12.4. The van der Waals surface area contributed by atoms with Gasteiger partial charge in [-0.25, -0.2) is 4.79 Å². The monoisotopic (exact) mass is 286 g/mol. The van der Waals surface area contributed by atoms with E-state index in [0.29, 0.717) is 6.42 Å². The second kappa shape index (κ2) is 6.72. The van der Waals surface area contributed by atoms with Crippen LogP contribution in [0.15, 0.2) is 0 Å². The maximum Gasteiger partial charge on any atom is 0.347 e. The van der Waals surface area contributed by atoms with Crippen LogP contribution in [-0.2, 0) is 28.6 Å². The molecule has 0 radical (unpaired) electrons. The lowest BCUT2D eigenvalue weighted by Gasteiger charge is -2.20. The SMILES string of the molecule is CCC(C)(C)C(=O)OCCC(=O)OC1C(=O)OCC1C. The number of esters is 3. The minimum Gasteiger partial charge on any atom is -0.465 e. The van der Waals surface area contributed by atoms with E-state index in [1.54, 1.807) is 20.8 Å². The minimum absolute atomic E-state index is 0.0444. The van der Waals surface area contributed by atoms with Crippen molar-refractivity contribution in [1.29, 1.82) is 0 Å². The van der Waals surface area contributed by atoms with Crippen LogP contribution in [0, 0.1) is 11.3 Å². The Hall–Kier alpha value is -1.59. The first-order chi connectivity index (χ1) is 9.27. The van der Waals surface area contributed by atoms with Gasteiger partial charge in [0.1, 0.15) is 6.61 Å². The van der Waals surface area contributed by atoms with Gasteiger partial charge in [0.25, 0.3) is 0 Å². The van der Waals surface area contributed by atoms with Gasteiger partial charge in [-0.1, -0.05) is 13.8 Å². The molecular formula is C14H22O6. The van der Waals surface area contributed by atoms with E-state index in [2.05, 4.69) is 0 Å². The average molecular weight is 286 g/mol. The summed E-state index contributed by atoms with van der Waals surface area (Å²) in [6.45, 7) is 7.44. The smallest absolute Gasteiger partial charge is 0.347 e. The summed E-state index contributed by atoms with van der Waals surface area (Å²) >= 11 is 0. The van der Waals surface area contributed by atoms with Crippen LogP contribution >= 0.6 is 0 Å². The second-order valence-corrected chi connectivity index (χ2v) is 5.64. The molecule has 0 saturated carbocycles. The summed E-state index contributed by atoms with van der Waals surface area (Å²) in [5, 5.41) is 0. The van der Waals surface area contributed by atoms with Crippen LogP contribution in [0.4, 0.5) is 0 Å². The van der Waals surface area contributed by atoms with Crippen LogP contribution < -0.4 is 0 Å². The first-order valence-electron chi connectivity index (χ1n) is 6.81. The number of carbonyl (C=O) groups excluding carboxylic acids is 3. The van der Waals surface area contributed by atoms with E-state index >= 15 is 0 Å². The van der Waals surface area contributed by atoms with E-state index in [1.807, 2.05) is 6.92 Å². The Kier molecular flexibility index (Phi) is 5.53. The fraction of sp³-hybridized carbons (Fsp3) is 0.786. The normalized spacial score (nSPS) is 22.3. The molecule has 2 atom stereocenters. The summed E-state index contributed by atoms with van der Waals surface area (Å²) in [7, 11) is 0. The van der Waals surface area contributed by atoms with Gasteiger partial charge in [0, 0.05) is 5.92 Å². The third-order valence-corrected chi connectivity index (χ3v) is 3.47. The number of ether oxygens (including phenoxy) is 3. The third-order valence-electron chi connectivity index (χ3n) is 3.47. The number of rotatable bonds is 6. The van der Waals surface area contributed by atoms with Gasteiger partial charge in [0.05, 0.1) is 18.4 Å². The molecule has 2 unspecified atom stereocenters. The molecule has 114 valence electrons. The first-order valence-corrected chi connectivity index (χ1v) is 6.81. The average Bonchev–Trinajstić information content (AvgIpc) is 2.70. The van der Waals surface area contributed by atoms with Crippen molar-refractivity contribution < 1.29 is 28.6 Å². The summed E-state index contributed by atoms with van der Waals surface area (Å²) in [5.74, 6) is -1.58. The Morgan fingerprint density at radius 2 is 2.05 bits per heavy atom. The van der Waals surface area contributed by atoms with Crippen LogP contribution in [0.2, 0.25) is 0 Å². The van der Waals surface area contributed by atoms with Gasteiger partial charge < -0.3 is 14.2 Å². The van der Waals surface area contributed by atoms with Gasteiger partial charge >= 0.3 is 17.9 Å². The standard InChI is InChI=1S/C14H22O6/c1-5-14(3,4)13(17)18-7-6-10(15)20-11-9(2)8-19-12(11)16/h9,11H,5-8H2,1-4H3. The molecule has 6 nitrogen and oxygen atoms in total. The van der Waals surface area contributed by atoms with Crippen LogP contribution in [0.5, 0.6) is 0 Å². The molecule has 0 aromatic rings. The predicted octanol–water partition coefficient (Wildman–Crippen LogP) is 1.46. The highest BCUT2D eigenvalue weighted by Gasteiger charge is 2.37. The fourth-order valence-corrected chi connectivity index (χ4v) is 1.55. The van der Waals surface area contributed by atoms with Crippen LogP contribution in [0.25, 0.3) is 0 Å². The maximum absolute atomic E-state index is 11.7. The molecule has 0 aromatic carbocycles. The van der Waals surface area contributed by atoms with E-state index < -0.39 is 23.5 Å². The molecule has 1 aliphatic rings. The molecule has 6 heteroatoms. The van der Waals surface area contributed by atoms with E-state index in [-0.39, 0.29) is 31.5 Å². The molecule has 1 fully saturated rings. The molecular weight excluding hydrogens is 264 g/mol. The Morgan fingerprint density at radius 3 is 2.55 bits per heavy atom. The molecule has 20 heavy (non-hydrogen) atoms. The molecule has 1 saturated heterocycles. The van der Waals surface area contributed by atoms with Gasteiger partial charge in [-0.05, 0) is 20.3 Å². The minimum atomic E-state index is -0.842. The van der Waals surface area contributed by atoms with Gasteiger partial charge in [-0.3, -0.25) is 9.59 Å². The molecule has 0 bridgehead atoms. The highest BCUT2D eigenvalue weighted by Crippen LogP contribution is 2.22. The van der Waals surface area contributed by atoms with Gasteiger partial charge in [-0.15, -0.1) is 0 Å². The molecule has 0 N–H and O–H groups in total. The van der Waals surface area contributed by atoms with E-state index in [1.165, 1.54) is 0 Å². The summed E-state index contributed by atoms with van der Waals surface area (Å²) in [6, 6.07) is 0. The lowest BCUT2D eigenvalue weighted by Crippen LogP contribution is -2.29. The molecule has 1 aliphatic heterocycles. The fourth-order valence-electron chi connectivity index (χ4n) is 1.55. The van der Waals surface area contributed by atoms with Crippen molar-refractivity contribution in [3.05, 3.63) is 0 Å². The Morgan fingerprint density at radius 1 is 1.40 bits per heavy atom. The van der Waals surface area contributed by atoms with Crippen molar-refractivity contribution in [2.45, 2.75) is 46.6 Å². The third kappa shape index (κ3) is 4.21. The van der Waals surface area contributed by atoms with Crippen molar-refractivity contribution in [2.75, 3.05) is 13.2 Å². The summed E-state index contributed by atoms with van der Waals surface area (Å²) < 4.78 is 14.8. The van der Waals surface area contributed by atoms with Gasteiger partial charge in [0.15, 0.2) is 0 Å². The van der Waals surface area contributed by atoms with E-state index in [0.717, 1.165) is 0 Å². The summed E-state index contributed by atoms with van der Waals surface area (Å²) in [5.41, 5.74) is -0.562. The molecule has 0 amide bonds. The molecule has 0 aromatic heterocycles. The van der Waals surface area contributed by atoms with Gasteiger partial charge in [0.2, 0.25) is 6.10 Å². The number of carbonyl (C=O) groups is 3. The Balaban J connectivity index is 2.31. The quantitative estimate of drug-likeness (QED) is 0.543. The lowest BCUT2D eigenvalue weighted by atomic mass is 9.91. The van der Waals surface area contributed by atoms with Crippen molar-refractivity contribution in [1.82, 2.24) is 0 Å². The highest BCUT2D eigenvalue weighted by molar-refractivity contribution is 5.81. The van der Waals surface area contributed by atoms with Crippen molar-refractivity contribution in [3.8, 4) is 0 Å². The lowest BCUT2D eigenvalue weighted by molar-refractivity contribution is -0.164. The van der Waals surface area contributed by atoms with Gasteiger partial charge in [-0.2, -0.15) is 0 Å². The first kappa shape index (κ1) is 16.5. The Bertz CT molecular complexity index is 387. The largest absolute Gasteiger partial charge is 0.465 e. The van der Waals surface area contributed by atoms with E-state index in [4.69, 9.17) is 14.2 Å².